The summed E-state index contributed by atoms with van der Waals surface area (Å²) in [5.41, 5.74) is 4.75. The first kappa shape index (κ1) is 26.1. The Kier molecular flexibility index (Phi) is 7.34. The maximum Gasteiger partial charge on any atom is 0.243 e. The van der Waals surface area contributed by atoms with Gasteiger partial charge in [-0.2, -0.15) is 5.10 Å². The van der Waals surface area contributed by atoms with Crippen LogP contribution in [0.5, 0.6) is 0 Å². The Bertz CT molecular complexity index is 1300. The quantitative estimate of drug-likeness (QED) is 0.443. The Morgan fingerprint density at radius 3 is 2.47 bits per heavy atom. The van der Waals surface area contributed by atoms with Crippen LogP contribution in [0, 0.1) is 5.92 Å². The molecule has 4 atom stereocenters. The molecule has 0 saturated carbocycles. The molecule has 3 heterocycles. The standard InChI is InChI=1S/C29H35N5O4/c1-18(2)26(34-16-21-6-4-5-7-23(21)28(34)37)29(38)33-17-22(35)14-25(33)27(36)30-15-19-8-10-20(11-9-19)24-12-13-31-32(24)3/h4-13,18,22,25-26,28,35,37H,14-17H2,1-3H3,(H,30,36)/t22-,25+,26+,28?/m1/s1. The average molecular weight is 518 g/mol. The van der Waals surface area contributed by atoms with Gasteiger partial charge in [0.15, 0.2) is 0 Å². The van der Waals surface area contributed by atoms with Crippen molar-refractivity contribution in [2.45, 2.75) is 57.8 Å². The summed E-state index contributed by atoms with van der Waals surface area (Å²) < 4.78 is 1.80. The Balaban J connectivity index is 1.27. The number of benzene rings is 2. The van der Waals surface area contributed by atoms with E-state index in [1.165, 1.54) is 4.90 Å². The molecule has 3 aromatic rings. The van der Waals surface area contributed by atoms with Crippen LogP contribution >= 0.6 is 0 Å². The molecule has 0 aliphatic carbocycles. The molecular weight excluding hydrogens is 482 g/mol. The van der Waals surface area contributed by atoms with E-state index >= 15 is 0 Å². The number of amides is 2. The van der Waals surface area contributed by atoms with Gasteiger partial charge in [0.2, 0.25) is 11.8 Å². The van der Waals surface area contributed by atoms with Gasteiger partial charge in [0.1, 0.15) is 12.3 Å². The Hall–Kier alpha value is -3.53. The smallest absolute Gasteiger partial charge is 0.243 e. The molecule has 9 heteroatoms. The minimum Gasteiger partial charge on any atom is -0.391 e. The first-order valence-electron chi connectivity index (χ1n) is 13.1. The zero-order chi connectivity index (χ0) is 27.0. The Morgan fingerprint density at radius 1 is 1.08 bits per heavy atom. The highest BCUT2D eigenvalue weighted by Gasteiger charge is 2.46. The van der Waals surface area contributed by atoms with Crippen LogP contribution < -0.4 is 5.32 Å². The third kappa shape index (κ3) is 4.97. The second-order valence-corrected chi connectivity index (χ2v) is 10.6. The summed E-state index contributed by atoms with van der Waals surface area (Å²) in [5.74, 6) is -0.645. The summed E-state index contributed by atoms with van der Waals surface area (Å²) in [6.07, 6.45) is 0.266. The summed E-state index contributed by atoms with van der Waals surface area (Å²) in [6.45, 7) is 4.74. The van der Waals surface area contributed by atoms with E-state index in [1.807, 2.05) is 75.5 Å². The lowest BCUT2D eigenvalue weighted by Crippen LogP contribution is -2.54. The van der Waals surface area contributed by atoms with E-state index in [0.29, 0.717) is 13.1 Å². The molecule has 2 aromatic carbocycles. The SMILES string of the molecule is CC(C)[C@@H](C(=O)N1C[C@H](O)C[C@H]1C(=O)NCc1ccc(-c2ccnn2C)cc1)N1Cc2ccccc2C1O. The summed E-state index contributed by atoms with van der Waals surface area (Å²) in [6, 6.07) is 16.1. The number of carbonyl (C=O) groups is 2. The number of hydrogen-bond donors (Lipinski definition) is 3. The minimum atomic E-state index is -0.892. The largest absolute Gasteiger partial charge is 0.391 e. The van der Waals surface area contributed by atoms with Gasteiger partial charge in [-0.15, -0.1) is 0 Å². The van der Waals surface area contributed by atoms with Crippen LogP contribution in [0.15, 0.2) is 60.8 Å². The van der Waals surface area contributed by atoms with Crippen molar-refractivity contribution in [3.8, 4) is 11.3 Å². The van der Waals surface area contributed by atoms with Crippen LogP contribution in [0.4, 0.5) is 0 Å². The zero-order valence-corrected chi connectivity index (χ0v) is 22.0. The van der Waals surface area contributed by atoms with Crippen LogP contribution in [0.2, 0.25) is 0 Å². The molecule has 0 spiro atoms. The van der Waals surface area contributed by atoms with Gasteiger partial charge in [-0.25, -0.2) is 0 Å². The lowest BCUT2D eigenvalue weighted by molar-refractivity contribution is -0.149. The maximum absolute atomic E-state index is 13.9. The van der Waals surface area contributed by atoms with Gasteiger partial charge >= 0.3 is 0 Å². The molecule has 38 heavy (non-hydrogen) atoms. The number of likely N-dealkylation sites (tertiary alicyclic amines) is 1. The molecule has 0 radical (unpaired) electrons. The molecule has 1 fully saturated rings. The monoisotopic (exact) mass is 517 g/mol. The zero-order valence-electron chi connectivity index (χ0n) is 22.0. The second kappa shape index (κ2) is 10.7. The van der Waals surface area contributed by atoms with E-state index < -0.39 is 24.4 Å². The molecule has 2 amide bonds. The van der Waals surface area contributed by atoms with Gasteiger partial charge in [0, 0.05) is 39.3 Å². The van der Waals surface area contributed by atoms with Crippen LogP contribution in [0.3, 0.4) is 0 Å². The normalized spacial score (nSPS) is 22.1. The Morgan fingerprint density at radius 2 is 1.82 bits per heavy atom. The third-order valence-electron chi connectivity index (χ3n) is 7.64. The number of aliphatic hydroxyl groups excluding tert-OH is 2. The first-order chi connectivity index (χ1) is 18.2. The van der Waals surface area contributed by atoms with Crippen molar-refractivity contribution in [3.05, 3.63) is 77.5 Å². The van der Waals surface area contributed by atoms with Gasteiger partial charge in [-0.05, 0) is 34.2 Å². The summed E-state index contributed by atoms with van der Waals surface area (Å²) in [5, 5.41) is 28.6. The number of carbonyl (C=O) groups excluding carboxylic acids is 2. The number of hydrogen-bond acceptors (Lipinski definition) is 6. The van der Waals surface area contributed by atoms with E-state index in [1.54, 1.807) is 15.8 Å². The fourth-order valence-electron chi connectivity index (χ4n) is 5.69. The lowest BCUT2D eigenvalue weighted by Gasteiger charge is -2.36. The van der Waals surface area contributed by atoms with Crippen molar-refractivity contribution in [1.82, 2.24) is 24.9 Å². The van der Waals surface area contributed by atoms with Crippen molar-refractivity contribution in [2.24, 2.45) is 13.0 Å². The number of fused-ring (bicyclic) bond motifs is 1. The van der Waals surface area contributed by atoms with Crippen LogP contribution in [0.1, 0.15) is 43.2 Å². The number of β-amino-alcohol motifs (C(OH)–C–C–N with tert-alkyl or cyclic N) is 1. The van der Waals surface area contributed by atoms with Gasteiger partial charge in [-0.3, -0.25) is 19.2 Å². The highest BCUT2D eigenvalue weighted by molar-refractivity contribution is 5.90. The highest BCUT2D eigenvalue weighted by atomic mass is 16.3. The van der Waals surface area contributed by atoms with E-state index in [-0.39, 0.29) is 30.7 Å². The Labute approximate surface area is 222 Å². The number of nitrogens with zero attached hydrogens (tertiary/aromatic N) is 4. The van der Waals surface area contributed by atoms with E-state index in [4.69, 9.17) is 0 Å². The molecule has 1 unspecified atom stereocenters. The topological polar surface area (TPSA) is 111 Å². The first-order valence-corrected chi connectivity index (χ1v) is 13.1. The molecule has 1 saturated heterocycles. The number of nitrogens with one attached hydrogen (secondary N) is 1. The number of rotatable bonds is 7. The van der Waals surface area contributed by atoms with Gasteiger partial charge in [0.25, 0.3) is 0 Å². The van der Waals surface area contributed by atoms with Gasteiger partial charge < -0.3 is 20.4 Å². The molecular formula is C29H35N5O4. The van der Waals surface area contributed by atoms with Crippen molar-refractivity contribution < 1.29 is 19.8 Å². The molecule has 1 aromatic heterocycles. The molecule has 2 aliphatic rings. The third-order valence-corrected chi connectivity index (χ3v) is 7.64. The lowest BCUT2D eigenvalue weighted by atomic mass is 10.00. The number of aromatic nitrogens is 2. The average Bonchev–Trinajstić information content (AvgIpc) is 3.60. The van der Waals surface area contributed by atoms with E-state index in [0.717, 1.165) is 27.9 Å². The molecule has 3 N–H and O–H groups in total. The van der Waals surface area contributed by atoms with Crippen LogP contribution in [0.25, 0.3) is 11.3 Å². The van der Waals surface area contributed by atoms with Gasteiger partial charge in [-0.1, -0.05) is 62.4 Å². The van der Waals surface area contributed by atoms with Crippen molar-refractivity contribution in [3.63, 3.8) is 0 Å². The van der Waals surface area contributed by atoms with E-state index in [2.05, 4.69) is 10.4 Å². The fourth-order valence-corrected chi connectivity index (χ4v) is 5.69. The molecule has 200 valence electrons. The highest BCUT2D eigenvalue weighted by Crippen LogP contribution is 2.36. The molecule has 5 rings (SSSR count). The predicted octanol–water partition coefficient (Wildman–Crippen LogP) is 2.20. The molecule has 0 bridgehead atoms. The van der Waals surface area contributed by atoms with Crippen molar-refractivity contribution in [1.29, 1.82) is 0 Å². The summed E-state index contributed by atoms with van der Waals surface area (Å²) in [7, 11) is 1.89. The minimum absolute atomic E-state index is 0.0937. The number of aryl methyl sites for hydroxylation is 1. The molecule has 9 nitrogen and oxygen atoms in total. The van der Waals surface area contributed by atoms with Crippen molar-refractivity contribution >= 4 is 11.8 Å². The van der Waals surface area contributed by atoms with Crippen molar-refractivity contribution in [2.75, 3.05) is 6.54 Å². The summed E-state index contributed by atoms with van der Waals surface area (Å²) >= 11 is 0. The van der Waals surface area contributed by atoms with Crippen LogP contribution in [-0.2, 0) is 29.7 Å². The maximum atomic E-state index is 13.9. The molecule has 2 aliphatic heterocycles. The van der Waals surface area contributed by atoms with E-state index in [9.17, 15) is 19.8 Å². The predicted molar refractivity (Wildman–Crippen MR) is 142 cm³/mol. The number of aliphatic hydroxyl groups is 2. The summed E-state index contributed by atoms with van der Waals surface area (Å²) in [4.78, 5) is 30.4. The van der Waals surface area contributed by atoms with Crippen LogP contribution in [-0.4, -0.2) is 66.3 Å². The van der Waals surface area contributed by atoms with Gasteiger partial charge in [0.05, 0.1) is 17.8 Å². The fraction of sp³-hybridized carbons (Fsp3) is 0.414. The second-order valence-electron chi connectivity index (χ2n) is 10.6.